The normalized spacial score (nSPS) is 12.9. The summed E-state index contributed by atoms with van der Waals surface area (Å²) in [4.78, 5) is 23.9. The van der Waals surface area contributed by atoms with Crippen LogP contribution in [0.5, 0.6) is 0 Å². The summed E-state index contributed by atoms with van der Waals surface area (Å²) in [6.07, 6.45) is 0. The van der Waals surface area contributed by atoms with Gasteiger partial charge in [0.15, 0.2) is 0 Å². The van der Waals surface area contributed by atoms with Gasteiger partial charge in [0, 0.05) is 0 Å². The van der Waals surface area contributed by atoms with E-state index in [0.29, 0.717) is 0 Å². The highest BCUT2D eigenvalue weighted by Gasteiger charge is 2.20. The fraction of sp³-hybridized carbons (Fsp3) is 0.222. The Kier molecular flexibility index (Phi) is 7.97. The SMILES string of the molecule is O=C(OCCOC(=O)C(I)c1ccccc1)C(I)c1ccccc1. The van der Waals surface area contributed by atoms with Gasteiger partial charge in [0.25, 0.3) is 0 Å². The minimum absolute atomic E-state index is 0.0507. The molecule has 0 N–H and O–H groups in total. The third-order valence-corrected chi connectivity index (χ3v) is 5.63. The zero-order chi connectivity index (χ0) is 17.4. The summed E-state index contributed by atoms with van der Waals surface area (Å²) >= 11 is 4.07. The molecule has 0 saturated carbocycles. The van der Waals surface area contributed by atoms with Crippen LogP contribution in [0.1, 0.15) is 19.0 Å². The van der Waals surface area contributed by atoms with Crippen LogP contribution >= 0.6 is 45.2 Å². The van der Waals surface area contributed by atoms with Gasteiger partial charge >= 0.3 is 11.9 Å². The second-order valence-corrected chi connectivity index (χ2v) is 7.37. The molecule has 0 aromatic heterocycles. The fourth-order valence-corrected chi connectivity index (χ4v) is 3.14. The molecule has 2 rings (SSSR count). The molecular weight excluding hydrogens is 534 g/mol. The lowest BCUT2D eigenvalue weighted by Gasteiger charge is -2.12. The first-order valence-corrected chi connectivity index (χ1v) is 9.80. The number of ether oxygens (including phenoxy) is 2. The summed E-state index contributed by atoms with van der Waals surface area (Å²) < 4.78 is 9.59. The Morgan fingerprint density at radius 1 is 0.708 bits per heavy atom. The van der Waals surface area contributed by atoms with Crippen molar-refractivity contribution in [3.8, 4) is 0 Å². The first kappa shape index (κ1) is 19.2. The number of hydrogen-bond acceptors (Lipinski definition) is 4. The van der Waals surface area contributed by atoms with Crippen molar-refractivity contribution in [1.82, 2.24) is 0 Å². The molecule has 0 saturated heterocycles. The van der Waals surface area contributed by atoms with Crippen LogP contribution in [0.3, 0.4) is 0 Å². The quantitative estimate of drug-likeness (QED) is 0.222. The van der Waals surface area contributed by atoms with E-state index in [2.05, 4.69) is 0 Å². The number of esters is 2. The maximum atomic E-state index is 12.0. The Balaban J connectivity index is 1.72. The standard InChI is InChI=1S/C18H16I2O4/c19-15(13-7-3-1-4-8-13)17(21)23-11-12-24-18(22)16(20)14-9-5-2-6-10-14/h1-10,15-16H,11-12H2. The van der Waals surface area contributed by atoms with E-state index in [1.54, 1.807) is 0 Å². The van der Waals surface area contributed by atoms with Crippen molar-refractivity contribution in [2.24, 2.45) is 0 Å². The molecular formula is C18H16I2O4. The van der Waals surface area contributed by atoms with Crippen molar-refractivity contribution < 1.29 is 19.1 Å². The van der Waals surface area contributed by atoms with Gasteiger partial charge < -0.3 is 9.47 Å². The van der Waals surface area contributed by atoms with Crippen LogP contribution in [0.2, 0.25) is 0 Å². The molecule has 0 radical (unpaired) electrons. The van der Waals surface area contributed by atoms with E-state index in [-0.39, 0.29) is 33.0 Å². The second kappa shape index (κ2) is 9.97. The molecule has 2 unspecified atom stereocenters. The molecule has 24 heavy (non-hydrogen) atoms. The van der Waals surface area contributed by atoms with Crippen LogP contribution in [0.25, 0.3) is 0 Å². The van der Waals surface area contributed by atoms with E-state index in [9.17, 15) is 9.59 Å². The predicted molar refractivity (Wildman–Crippen MR) is 108 cm³/mol. The molecule has 0 fully saturated rings. The van der Waals surface area contributed by atoms with Crippen LogP contribution in [-0.4, -0.2) is 25.2 Å². The van der Waals surface area contributed by atoms with Crippen molar-refractivity contribution in [2.45, 2.75) is 7.85 Å². The van der Waals surface area contributed by atoms with Crippen molar-refractivity contribution in [3.05, 3.63) is 71.8 Å². The first-order chi connectivity index (χ1) is 11.6. The molecule has 0 aliphatic rings. The van der Waals surface area contributed by atoms with Crippen molar-refractivity contribution in [3.63, 3.8) is 0 Å². The maximum absolute atomic E-state index is 12.0. The number of rotatable bonds is 7. The zero-order valence-electron chi connectivity index (χ0n) is 12.7. The molecule has 4 nitrogen and oxygen atoms in total. The molecule has 2 aromatic rings. The van der Waals surface area contributed by atoms with Gasteiger partial charge in [-0.2, -0.15) is 0 Å². The van der Waals surface area contributed by atoms with E-state index in [4.69, 9.17) is 9.47 Å². The molecule has 0 aliphatic heterocycles. The Bertz CT molecular complexity index is 602. The molecule has 0 amide bonds. The fourth-order valence-electron chi connectivity index (χ4n) is 1.95. The van der Waals surface area contributed by atoms with Gasteiger partial charge in [0.05, 0.1) is 0 Å². The highest BCUT2D eigenvalue weighted by molar-refractivity contribution is 14.1. The molecule has 0 spiro atoms. The Morgan fingerprint density at radius 3 is 1.38 bits per heavy atom. The zero-order valence-corrected chi connectivity index (χ0v) is 17.0. The van der Waals surface area contributed by atoms with Gasteiger partial charge in [-0.25, -0.2) is 0 Å². The van der Waals surface area contributed by atoms with Crippen LogP contribution < -0.4 is 0 Å². The maximum Gasteiger partial charge on any atom is 0.323 e. The lowest BCUT2D eigenvalue weighted by Crippen LogP contribution is -2.18. The molecule has 0 aliphatic carbocycles. The predicted octanol–water partition coefficient (Wildman–Crippen LogP) is 4.43. The van der Waals surface area contributed by atoms with E-state index in [1.165, 1.54) is 0 Å². The Morgan fingerprint density at radius 2 is 1.04 bits per heavy atom. The lowest BCUT2D eigenvalue weighted by molar-refractivity contribution is -0.151. The van der Waals surface area contributed by atoms with E-state index in [0.717, 1.165) is 11.1 Å². The molecule has 2 atom stereocenters. The third kappa shape index (κ3) is 5.73. The topological polar surface area (TPSA) is 52.6 Å². The monoisotopic (exact) mass is 550 g/mol. The van der Waals surface area contributed by atoms with E-state index >= 15 is 0 Å². The Hall–Kier alpha value is -1.16. The van der Waals surface area contributed by atoms with Crippen LogP contribution in [0.15, 0.2) is 60.7 Å². The highest BCUT2D eigenvalue weighted by atomic mass is 127. The number of hydrogen-bond donors (Lipinski definition) is 0. The minimum Gasteiger partial charge on any atom is -0.461 e. The number of halogens is 2. The summed E-state index contributed by atoms with van der Waals surface area (Å²) in [5.41, 5.74) is 1.77. The van der Waals surface area contributed by atoms with Gasteiger partial charge in [0.1, 0.15) is 21.1 Å². The second-order valence-electron chi connectivity index (χ2n) is 4.88. The van der Waals surface area contributed by atoms with E-state index in [1.807, 2.05) is 106 Å². The van der Waals surface area contributed by atoms with Crippen molar-refractivity contribution in [1.29, 1.82) is 0 Å². The number of benzene rings is 2. The molecule has 0 heterocycles. The Labute approximate surface area is 168 Å². The van der Waals surface area contributed by atoms with Gasteiger partial charge in [-0.05, 0) is 11.1 Å². The third-order valence-electron chi connectivity index (χ3n) is 3.17. The summed E-state index contributed by atoms with van der Waals surface area (Å²) in [5.74, 6) is -0.682. The summed E-state index contributed by atoms with van der Waals surface area (Å²) in [6, 6.07) is 18.8. The summed E-state index contributed by atoms with van der Waals surface area (Å²) in [6.45, 7) is 0.101. The number of carbonyl (C=O) groups is 2. The summed E-state index contributed by atoms with van der Waals surface area (Å²) in [7, 11) is 0. The lowest BCUT2D eigenvalue weighted by atomic mass is 10.1. The van der Waals surface area contributed by atoms with Gasteiger partial charge in [-0.3, -0.25) is 9.59 Å². The average Bonchev–Trinajstić information content (AvgIpc) is 2.65. The minimum atomic E-state index is -0.374. The van der Waals surface area contributed by atoms with Crippen molar-refractivity contribution in [2.75, 3.05) is 13.2 Å². The van der Waals surface area contributed by atoms with Crippen molar-refractivity contribution >= 4 is 57.1 Å². The molecule has 0 bridgehead atoms. The van der Waals surface area contributed by atoms with Gasteiger partial charge in [0.2, 0.25) is 0 Å². The van der Waals surface area contributed by atoms with Gasteiger partial charge in [-0.15, -0.1) is 0 Å². The van der Waals surface area contributed by atoms with Crippen LogP contribution in [-0.2, 0) is 19.1 Å². The van der Waals surface area contributed by atoms with Crippen LogP contribution in [0.4, 0.5) is 0 Å². The van der Waals surface area contributed by atoms with E-state index < -0.39 is 0 Å². The van der Waals surface area contributed by atoms with Gasteiger partial charge in [-0.1, -0.05) is 106 Å². The number of alkyl halides is 2. The average molecular weight is 550 g/mol. The number of carbonyl (C=O) groups excluding carboxylic acids is 2. The highest BCUT2D eigenvalue weighted by Crippen LogP contribution is 2.25. The van der Waals surface area contributed by atoms with Crippen LogP contribution in [0, 0.1) is 0 Å². The smallest absolute Gasteiger partial charge is 0.323 e. The summed E-state index contributed by atoms with van der Waals surface area (Å²) in [5, 5.41) is 0. The molecule has 2 aromatic carbocycles. The molecule has 6 heteroatoms. The largest absolute Gasteiger partial charge is 0.461 e. The molecule has 126 valence electrons. The first-order valence-electron chi connectivity index (χ1n) is 7.31.